The Morgan fingerprint density at radius 3 is 1.66 bits per heavy atom. The monoisotopic (exact) mass is 758 g/mol. The summed E-state index contributed by atoms with van der Waals surface area (Å²) in [5.41, 5.74) is 4.64. The molecule has 0 saturated heterocycles. The standard InChI is InChI=1S/C48H22F4N6/c1-54-31-19-15-27(16-20-31)46-47(28-17-21-32(55-2)22-18-28)58-48-37(57-46)24-34(26-9-4-3-5-10-26)39-33-13-6-7-14-36(33)56-45(40(39)48)30-12-8-11-29(23-30)38-43(51)41(49)35(25-53)42(50)44(38)52/h3-24H. The number of nitrogens with zero attached hydrogens (tertiary/aromatic N) is 6. The summed E-state index contributed by atoms with van der Waals surface area (Å²) in [5.74, 6) is -6.97. The third-order valence-electron chi connectivity index (χ3n) is 10.0. The Morgan fingerprint density at radius 2 is 1.03 bits per heavy atom. The summed E-state index contributed by atoms with van der Waals surface area (Å²) in [4.78, 5) is 22.8. The molecule has 0 amide bonds. The first kappa shape index (κ1) is 35.4. The number of rotatable bonds is 5. The van der Waals surface area contributed by atoms with Gasteiger partial charge in [0.2, 0.25) is 0 Å². The predicted octanol–water partition coefficient (Wildman–Crippen LogP) is 13.2. The molecule has 58 heavy (non-hydrogen) atoms. The highest BCUT2D eigenvalue weighted by Gasteiger charge is 2.28. The molecule has 6 nitrogen and oxygen atoms in total. The fraction of sp³-hybridized carbons (Fsp3) is 0. The van der Waals surface area contributed by atoms with E-state index in [9.17, 15) is 14.0 Å². The molecule has 0 atom stereocenters. The minimum absolute atomic E-state index is 0.182. The Balaban J connectivity index is 1.44. The van der Waals surface area contributed by atoms with Crippen molar-refractivity contribution in [3.8, 4) is 62.1 Å². The largest absolute Gasteiger partial charge is 0.247 e. The Morgan fingerprint density at radius 1 is 0.483 bits per heavy atom. The molecular weight excluding hydrogens is 737 g/mol. The summed E-state index contributed by atoms with van der Waals surface area (Å²) in [6, 6.07) is 40.3. The van der Waals surface area contributed by atoms with E-state index in [1.54, 1.807) is 54.6 Å². The Labute approximate surface area is 328 Å². The maximum Gasteiger partial charge on any atom is 0.187 e. The molecule has 0 aliphatic rings. The molecule has 0 radical (unpaired) electrons. The van der Waals surface area contributed by atoms with E-state index in [1.807, 2.05) is 60.7 Å². The Bertz CT molecular complexity index is 3260. The molecular formula is C48H22F4N6. The van der Waals surface area contributed by atoms with E-state index in [-0.39, 0.29) is 5.56 Å². The second-order valence-electron chi connectivity index (χ2n) is 13.3. The van der Waals surface area contributed by atoms with Gasteiger partial charge in [-0.15, -0.1) is 0 Å². The highest BCUT2D eigenvalue weighted by molar-refractivity contribution is 6.25. The van der Waals surface area contributed by atoms with E-state index < -0.39 is 34.4 Å². The van der Waals surface area contributed by atoms with E-state index in [1.165, 1.54) is 24.3 Å². The van der Waals surface area contributed by atoms with Gasteiger partial charge in [-0.25, -0.2) is 42.2 Å². The van der Waals surface area contributed by atoms with Gasteiger partial charge in [-0.3, -0.25) is 0 Å². The van der Waals surface area contributed by atoms with Gasteiger partial charge in [-0.2, -0.15) is 5.26 Å². The molecule has 9 aromatic rings. The van der Waals surface area contributed by atoms with E-state index in [4.69, 9.17) is 28.1 Å². The summed E-state index contributed by atoms with van der Waals surface area (Å²) in [6.07, 6.45) is 0. The lowest BCUT2D eigenvalue weighted by Gasteiger charge is -2.18. The smallest absolute Gasteiger partial charge is 0.187 e. The van der Waals surface area contributed by atoms with Gasteiger partial charge in [0.1, 0.15) is 11.6 Å². The predicted molar refractivity (Wildman–Crippen MR) is 217 cm³/mol. The molecule has 0 saturated carbocycles. The zero-order valence-corrected chi connectivity index (χ0v) is 29.9. The van der Waals surface area contributed by atoms with Crippen molar-refractivity contribution in [3.05, 3.63) is 185 Å². The number of fused-ring (bicyclic) bond motifs is 5. The molecule has 9 rings (SSSR count). The number of para-hydroxylation sites is 1. The Kier molecular flexibility index (Phi) is 8.62. The molecule has 7 aromatic carbocycles. The third kappa shape index (κ3) is 5.74. The lowest BCUT2D eigenvalue weighted by atomic mass is 9.90. The van der Waals surface area contributed by atoms with Crippen LogP contribution in [0.25, 0.3) is 98.4 Å². The maximum absolute atomic E-state index is 15.5. The van der Waals surface area contributed by atoms with E-state index in [0.29, 0.717) is 67.1 Å². The number of pyridine rings is 1. The van der Waals surface area contributed by atoms with Crippen LogP contribution in [0.15, 0.2) is 133 Å². The van der Waals surface area contributed by atoms with Crippen molar-refractivity contribution >= 4 is 44.1 Å². The van der Waals surface area contributed by atoms with E-state index >= 15 is 8.78 Å². The highest BCUT2D eigenvalue weighted by atomic mass is 19.2. The van der Waals surface area contributed by atoms with E-state index in [2.05, 4.69) is 9.69 Å². The summed E-state index contributed by atoms with van der Waals surface area (Å²) in [6.45, 7) is 15.0. The third-order valence-corrected chi connectivity index (χ3v) is 10.0. The van der Waals surface area contributed by atoms with Crippen LogP contribution in [0.3, 0.4) is 0 Å². The Hall–Kier alpha value is -8.26. The normalized spacial score (nSPS) is 11.1. The van der Waals surface area contributed by atoms with Crippen molar-refractivity contribution in [2.24, 2.45) is 0 Å². The topological polar surface area (TPSA) is 71.2 Å². The van der Waals surface area contributed by atoms with Gasteiger partial charge in [0.05, 0.1) is 52.3 Å². The number of aromatic nitrogens is 3. The summed E-state index contributed by atoms with van der Waals surface area (Å²) < 4.78 is 60.9. The molecule has 0 bridgehead atoms. The molecule has 2 heterocycles. The van der Waals surface area contributed by atoms with Crippen molar-refractivity contribution in [1.29, 1.82) is 5.26 Å². The fourth-order valence-corrected chi connectivity index (χ4v) is 7.31. The van der Waals surface area contributed by atoms with Gasteiger partial charge in [0.25, 0.3) is 0 Å². The van der Waals surface area contributed by atoms with Gasteiger partial charge in [0, 0.05) is 21.7 Å². The molecule has 0 aliphatic heterocycles. The highest BCUT2D eigenvalue weighted by Crippen LogP contribution is 2.45. The quantitative estimate of drug-likeness (QED) is 0.0758. The molecule has 0 unspecified atom stereocenters. The lowest BCUT2D eigenvalue weighted by molar-refractivity contribution is 0.454. The van der Waals surface area contributed by atoms with Crippen LogP contribution in [0.4, 0.5) is 28.9 Å². The fourth-order valence-electron chi connectivity index (χ4n) is 7.31. The minimum Gasteiger partial charge on any atom is -0.247 e. The molecule has 10 heteroatoms. The lowest BCUT2D eigenvalue weighted by Crippen LogP contribution is -2.04. The van der Waals surface area contributed by atoms with Crippen molar-refractivity contribution in [1.82, 2.24) is 15.0 Å². The molecule has 272 valence electrons. The van der Waals surface area contributed by atoms with Crippen LogP contribution in [0.5, 0.6) is 0 Å². The second kappa shape index (κ2) is 14.1. The van der Waals surface area contributed by atoms with Crippen molar-refractivity contribution in [2.45, 2.75) is 0 Å². The van der Waals surface area contributed by atoms with Crippen molar-refractivity contribution in [2.75, 3.05) is 0 Å². The number of benzene rings is 7. The molecule has 0 aliphatic carbocycles. The van der Waals surface area contributed by atoms with Crippen molar-refractivity contribution < 1.29 is 17.6 Å². The molecule has 2 aromatic heterocycles. The van der Waals surface area contributed by atoms with Crippen LogP contribution < -0.4 is 0 Å². The van der Waals surface area contributed by atoms with E-state index in [0.717, 1.165) is 21.9 Å². The molecule has 0 fully saturated rings. The summed E-state index contributed by atoms with van der Waals surface area (Å²) >= 11 is 0. The first-order chi connectivity index (χ1) is 28.3. The number of nitriles is 1. The second-order valence-corrected chi connectivity index (χ2v) is 13.3. The van der Waals surface area contributed by atoms with Crippen LogP contribution in [0.1, 0.15) is 5.56 Å². The van der Waals surface area contributed by atoms with Gasteiger partial charge in [-0.1, -0.05) is 115 Å². The van der Waals surface area contributed by atoms with Crippen LogP contribution in [0, 0.1) is 47.7 Å². The summed E-state index contributed by atoms with van der Waals surface area (Å²) in [7, 11) is 0. The van der Waals surface area contributed by atoms with Gasteiger partial charge < -0.3 is 0 Å². The zero-order valence-electron chi connectivity index (χ0n) is 29.9. The molecule has 0 spiro atoms. The average Bonchev–Trinajstić information content (AvgIpc) is 3.28. The number of hydrogen-bond donors (Lipinski definition) is 0. The van der Waals surface area contributed by atoms with Gasteiger partial charge in [0.15, 0.2) is 34.6 Å². The van der Waals surface area contributed by atoms with Gasteiger partial charge >= 0.3 is 0 Å². The van der Waals surface area contributed by atoms with Crippen LogP contribution in [0.2, 0.25) is 0 Å². The molecule has 0 N–H and O–H groups in total. The number of halogens is 4. The zero-order chi connectivity index (χ0) is 40.1. The van der Waals surface area contributed by atoms with Crippen LogP contribution in [-0.2, 0) is 0 Å². The average molecular weight is 759 g/mol. The van der Waals surface area contributed by atoms with Crippen LogP contribution >= 0.6 is 0 Å². The number of hydrogen-bond acceptors (Lipinski definition) is 4. The van der Waals surface area contributed by atoms with Crippen LogP contribution in [-0.4, -0.2) is 15.0 Å². The maximum atomic E-state index is 15.5. The first-order valence-electron chi connectivity index (χ1n) is 17.7. The summed E-state index contributed by atoms with van der Waals surface area (Å²) in [5, 5.41) is 11.3. The minimum atomic E-state index is -1.79. The van der Waals surface area contributed by atoms with Crippen molar-refractivity contribution in [3.63, 3.8) is 0 Å². The SMILES string of the molecule is [C-]#[N+]c1ccc(-c2nc3cc(-c4ccccc4)c4c5ccccc5nc(-c5cccc(-c6c(F)c(F)c(C#N)c(F)c6F)c5)c4c3nc2-c2ccc([N+]#[C-])cc2)cc1. The first-order valence-corrected chi connectivity index (χ1v) is 17.7. The van der Waals surface area contributed by atoms with Gasteiger partial charge in [-0.05, 0) is 46.0 Å².